The van der Waals surface area contributed by atoms with Gasteiger partial charge in [-0.25, -0.2) is 0 Å². The molecule has 2 N–H and O–H groups in total. The Balaban J connectivity index is 2.64. The maximum Gasteiger partial charge on any atom is 0.0292 e. The molecule has 0 amide bonds. The molecule has 1 aromatic rings. The van der Waals surface area contributed by atoms with Crippen LogP contribution < -0.4 is 5.73 Å². The molecule has 2 heteroatoms. The topological polar surface area (TPSA) is 26.0 Å². The smallest absolute Gasteiger partial charge is 0.0292 e. The van der Waals surface area contributed by atoms with Crippen molar-refractivity contribution in [2.24, 2.45) is 11.7 Å². The van der Waals surface area contributed by atoms with Crippen molar-refractivity contribution in [3.05, 3.63) is 29.8 Å². The lowest BCUT2D eigenvalue weighted by Crippen LogP contribution is -2.08. The molecule has 0 fully saturated rings. The van der Waals surface area contributed by atoms with Gasteiger partial charge in [-0.3, -0.25) is 0 Å². The summed E-state index contributed by atoms with van der Waals surface area (Å²) in [4.78, 5) is 1.34. The van der Waals surface area contributed by atoms with Crippen LogP contribution in [0, 0.1) is 5.92 Å². The molecule has 2 atom stereocenters. The van der Waals surface area contributed by atoms with Gasteiger partial charge in [0.15, 0.2) is 0 Å². The minimum atomic E-state index is 0.182. The highest BCUT2D eigenvalue weighted by Crippen LogP contribution is 2.28. The Morgan fingerprint density at radius 1 is 1.12 bits per heavy atom. The molecule has 0 aliphatic rings. The first kappa shape index (κ1) is 13.6. The van der Waals surface area contributed by atoms with Crippen LogP contribution in [0.4, 0.5) is 0 Å². The minimum absolute atomic E-state index is 0.182. The molecule has 0 heterocycles. The Morgan fingerprint density at radius 2 is 1.69 bits per heavy atom. The summed E-state index contributed by atoms with van der Waals surface area (Å²) in [5.74, 6) is 0.711. The Morgan fingerprint density at radius 3 is 2.12 bits per heavy atom. The van der Waals surface area contributed by atoms with Crippen molar-refractivity contribution in [2.45, 2.75) is 50.3 Å². The lowest BCUT2D eigenvalue weighted by Gasteiger charge is -2.15. The maximum atomic E-state index is 5.99. The highest BCUT2D eigenvalue weighted by molar-refractivity contribution is 8.00. The van der Waals surface area contributed by atoms with E-state index in [1.807, 2.05) is 11.8 Å². The van der Waals surface area contributed by atoms with E-state index in [2.05, 4.69) is 52.0 Å². The summed E-state index contributed by atoms with van der Waals surface area (Å²) in [6.07, 6.45) is 0.995. The van der Waals surface area contributed by atoms with Crippen molar-refractivity contribution in [2.75, 3.05) is 0 Å². The van der Waals surface area contributed by atoms with Crippen molar-refractivity contribution in [3.63, 3.8) is 0 Å². The van der Waals surface area contributed by atoms with E-state index in [4.69, 9.17) is 5.73 Å². The monoisotopic (exact) mass is 237 g/mol. The van der Waals surface area contributed by atoms with Gasteiger partial charge in [-0.2, -0.15) is 0 Å². The van der Waals surface area contributed by atoms with Gasteiger partial charge >= 0.3 is 0 Å². The molecule has 1 unspecified atom stereocenters. The minimum Gasteiger partial charge on any atom is -0.324 e. The summed E-state index contributed by atoms with van der Waals surface area (Å²) >= 11 is 1.94. The molecule has 1 rings (SSSR count). The average Bonchev–Trinajstić information content (AvgIpc) is 2.28. The fourth-order valence-electron chi connectivity index (χ4n) is 1.38. The zero-order valence-electron chi connectivity index (χ0n) is 10.7. The second-order valence-corrected chi connectivity index (χ2v) is 6.10. The van der Waals surface area contributed by atoms with Gasteiger partial charge < -0.3 is 5.73 Å². The summed E-state index contributed by atoms with van der Waals surface area (Å²) in [6.45, 7) is 8.92. The third kappa shape index (κ3) is 3.84. The van der Waals surface area contributed by atoms with Crippen LogP contribution in [-0.2, 0) is 0 Å². The molecule has 0 bridgehead atoms. The van der Waals surface area contributed by atoms with Gasteiger partial charge in [0.2, 0.25) is 0 Å². The highest BCUT2D eigenvalue weighted by atomic mass is 32.2. The second-order valence-electron chi connectivity index (χ2n) is 4.65. The van der Waals surface area contributed by atoms with E-state index in [1.54, 1.807) is 0 Å². The van der Waals surface area contributed by atoms with E-state index < -0.39 is 0 Å². The van der Waals surface area contributed by atoms with E-state index in [0.717, 1.165) is 6.42 Å². The average molecular weight is 237 g/mol. The van der Waals surface area contributed by atoms with Gasteiger partial charge in [0.25, 0.3) is 0 Å². The van der Waals surface area contributed by atoms with Crippen LogP contribution >= 0.6 is 11.8 Å². The van der Waals surface area contributed by atoms with Crippen molar-refractivity contribution < 1.29 is 0 Å². The molecule has 0 spiro atoms. The number of thioether (sulfide) groups is 1. The molecule has 1 nitrogen and oxygen atoms in total. The second kappa shape index (κ2) is 6.31. The van der Waals surface area contributed by atoms with E-state index in [1.165, 1.54) is 10.5 Å². The van der Waals surface area contributed by atoms with Crippen LogP contribution in [0.1, 0.15) is 45.7 Å². The normalized spacial score (nSPS) is 15.1. The summed E-state index contributed by atoms with van der Waals surface area (Å²) in [6, 6.07) is 8.87. The Hall–Kier alpha value is -0.470. The summed E-state index contributed by atoms with van der Waals surface area (Å²) in [7, 11) is 0. The summed E-state index contributed by atoms with van der Waals surface area (Å²) < 4.78 is 0. The molecule has 16 heavy (non-hydrogen) atoms. The van der Waals surface area contributed by atoms with Crippen LogP contribution in [0.25, 0.3) is 0 Å². The van der Waals surface area contributed by atoms with Gasteiger partial charge in [0, 0.05) is 16.2 Å². The first-order valence-corrected chi connectivity index (χ1v) is 6.94. The van der Waals surface area contributed by atoms with Crippen molar-refractivity contribution in [3.8, 4) is 0 Å². The third-order valence-corrected chi connectivity index (χ3v) is 4.47. The fourth-order valence-corrected chi connectivity index (χ4v) is 2.37. The maximum absolute atomic E-state index is 5.99. The first-order valence-electron chi connectivity index (χ1n) is 6.06. The first-order chi connectivity index (χ1) is 7.54. The largest absolute Gasteiger partial charge is 0.324 e. The Kier molecular flexibility index (Phi) is 5.36. The molecule has 1 aromatic carbocycles. The number of rotatable bonds is 5. The van der Waals surface area contributed by atoms with Gasteiger partial charge in [-0.1, -0.05) is 39.8 Å². The van der Waals surface area contributed by atoms with Gasteiger partial charge in [-0.15, -0.1) is 11.8 Å². The summed E-state index contributed by atoms with van der Waals surface area (Å²) in [5.41, 5.74) is 7.23. The SMILES string of the molecule is CC[C@H](N)c1ccc(SC(C)C(C)C)cc1. The summed E-state index contributed by atoms with van der Waals surface area (Å²) in [5, 5.41) is 0.658. The Bertz CT molecular complexity index is 305. The molecule has 0 aliphatic heterocycles. The highest BCUT2D eigenvalue weighted by Gasteiger charge is 2.09. The van der Waals surface area contributed by atoms with Crippen molar-refractivity contribution >= 4 is 11.8 Å². The predicted molar refractivity (Wildman–Crippen MR) is 73.8 cm³/mol. The lowest BCUT2D eigenvalue weighted by atomic mass is 10.1. The zero-order chi connectivity index (χ0) is 12.1. The third-order valence-electron chi connectivity index (χ3n) is 3.01. The van der Waals surface area contributed by atoms with E-state index in [9.17, 15) is 0 Å². The van der Waals surface area contributed by atoms with Gasteiger partial charge in [0.1, 0.15) is 0 Å². The molecule has 0 saturated heterocycles. The van der Waals surface area contributed by atoms with E-state index in [0.29, 0.717) is 11.2 Å². The van der Waals surface area contributed by atoms with E-state index >= 15 is 0 Å². The molecular formula is C14H23NS. The van der Waals surface area contributed by atoms with Crippen LogP contribution in [0.15, 0.2) is 29.2 Å². The molecule has 0 radical (unpaired) electrons. The van der Waals surface area contributed by atoms with Crippen LogP contribution in [-0.4, -0.2) is 5.25 Å². The fraction of sp³-hybridized carbons (Fsp3) is 0.571. The van der Waals surface area contributed by atoms with Crippen molar-refractivity contribution in [1.29, 1.82) is 0 Å². The van der Waals surface area contributed by atoms with E-state index in [-0.39, 0.29) is 6.04 Å². The number of hydrogen-bond donors (Lipinski definition) is 1. The predicted octanol–water partition coefficient (Wildman–Crippen LogP) is 4.23. The van der Waals surface area contributed by atoms with Gasteiger partial charge in [0.05, 0.1) is 0 Å². The number of benzene rings is 1. The zero-order valence-corrected chi connectivity index (χ0v) is 11.6. The standard InChI is InChI=1S/C14H23NS/c1-5-14(15)12-6-8-13(9-7-12)16-11(4)10(2)3/h6-11,14H,5,15H2,1-4H3/t11?,14-/m0/s1. The van der Waals surface area contributed by atoms with Crippen LogP contribution in [0.3, 0.4) is 0 Å². The van der Waals surface area contributed by atoms with Crippen LogP contribution in [0.2, 0.25) is 0 Å². The molecule has 0 saturated carbocycles. The quantitative estimate of drug-likeness (QED) is 0.775. The van der Waals surface area contributed by atoms with Crippen LogP contribution in [0.5, 0.6) is 0 Å². The number of hydrogen-bond acceptors (Lipinski definition) is 2. The van der Waals surface area contributed by atoms with Crippen molar-refractivity contribution in [1.82, 2.24) is 0 Å². The molecule has 0 aromatic heterocycles. The Labute approximate surface area is 104 Å². The molecular weight excluding hydrogens is 214 g/mol. The lowest BCUT2D eigenvalue weighted by molar-refractivity contribution is 0.642. The molecule has 90 valence electrons. The number of nitrogens with two attached hydrogens (primary N) is 1. The molecule has 0 aliphatic carbocycles. The van der Waals surface area contributed by atoms with Gasteiger partial charge in [-0.05, 0) is 30.0 Å².